The van der Waals surface area contributed by atoms with E-state index in [0.717, 1.165) is 30.1 Å². The molecule has 0 radical (unpaired) electrons. The molecule has 0 aromatic heterocycles. The van der Waals surface area contributed by atoms with Crippen molar-refractivity contribution >= 4 is 0 Å². The van der Waals surface area contributed by atoms with Crippen LogP contribution in [-0.4, -0.2) is 11.7 Å². The van der Waals surface area contributed by atoms with Gasteiger partial charge < -0.3 is 5.11 Å². The molecule has 1 N–H and O–H groups in total. The van der Waals surface area contributed by atoms with Crippen LogP contribution in [0.2, 0.25) is 0 Å². The normalized spacial score (nSPS) is 40.7. The molecule has 1 unspecified atom stereocenters. The second kappa shape index (κ2) is 8.92. The number of rotatable bonds is 7. The first kappa shape index (κ1) is 22.9. The number of hydrogen-bond acceptors (Lipinski definition) is 1. The van der Waals surface area contributed by atoms with Gasteiger partial charge >= 0.3 is 0 Å². The molecule has 0 bridgehead atoms. The van der Waals surface area contributed by atoms with Crippen LogP contribution in [0.5, 0.6) is 0 Å². The molecule has 0 amide bonds. The average Bonchev–Trinajstić information content (AvgIpc) is 3.07. The van der Waals surface area contributed by atoms with Crippen LogP contribution in [0, 0.1) is 46.3 Å². The number of aliphatic hydroxyl groups is 1. The van der Waals surface area contributed by atoms with E-state index in [0.29, 0.717) is 29.3 Å². The third-order valence-corrected chi connectivity index (χ3v) is 11.1. The Kier molecular flexibility index (Phi) is 6.80. The Hall–Kier alpha value is -0.300. The highest BCUT2D eigenvalue weighted by molar-refractivity contribution is 5.34. The summed E-state index contributed by atoms with van der Waals surface area (Å²) >= 11 is 0. The fraction of sp³-hybridized carbons (Fsp3) is 0.931. The van der Waals surface area contributed by atoms with Gasteiger partial charge in [0.25, 0.3) is 0 Å². The van der Waals surface area contributed by atoms with E-state index in [2.05, 4.69) is 34.6 Å². The summed E-state index contributed by atoms with van der Waals surface area (Å²) in [4.78, 5) is 0. The minimum Gasteiger partial charge on any atom is -0.396 e. The Balaban J connectivity index is 1.50. The van der Waals surface area contributed by atoms with E-state index in [1.165, 1.54) is 77.0 Å². The highest BCUT2D eigenvalue weighted by Gasteiger charge is 2.54. The maximum Gasteiger partial charge on any atom is 0.0433 e. The van der Waals surface area contributed by atoms with E-state index < -0.39 is 0 Å². The molecule has 4 aliphatic rings. The summed E-state index contributed by atoms with van der Waals surface area (Å²) in [5.41, 5.74) is 5.04. The maximum atomic E-state index is 9.46. The van der Waals surface area contributed by atoms with Gasteiger partial charge in [-0.05, 0) is 111 Å². The average molecular weight is 415 g/mol. The zero-order valence-corrected chi connectivity index (χ0v) is 20.8. The lowest BCUT2D eigenvalue weighted by Crippen LogP contribution is -2.46. The predicted octanol–water partition coefficient (Wildman–Crippen LogP) is 8.17. The Morgan fingerprint density at radius 3 is 2.43 bits per heavy atom. The van der Waals surface area contributed by atoms with Crippen molar-refractivity contribution in [2.75, 3.05) is 6.61 Å². The van der Waals surface area contributed by atoms with Gasteiger partial charge in [-0.3, -0.25) is 0 Å². The Morgan fingerprint density at radius 2 is 1.70 bits per heavy atom. The molecule has 30 heavy (non-hydrogen) atoms. The summed E-state index contributed by atoms with van der Waals surface area (Å²) in [6.07, 6.45) is 18.3. The van der Waals surface area contributed by atoms with Crippen LogP contribution in [0.25, 0.3) is 0 Å². The molecule has 1 heteroatoms. The first-order valence-corrected chi connectivity index (χ1v) is 13.6. The highest BCUT2D eigenvalue weighted by Crippen LogP contribution is 2.65. The standard InChI is InChI=1S/C29H50O/c1-20(2)22(16-19-30)10-9-21(3)25-13-14-26-24-12-11-23-8-6-7-17-28(23,4)27(24)15-18-29(25,26)5/h20-23,25,27,30H,6-19H2,1-5H3/t21-,22+,23?,25-,27+,28+,29-/m1/s1. The second-order valence-corrected chi connectivity index (χ2v) is 12.7. The van der Waals surface area contributed by atoms with Crippen molar-refractivity contribution in [3.8, 4) is 0 Å². The fourth-order valence-corrected chi connectivity index (χ4v) is 9.13. The summed E-state index contributed by atoms with van der Waals surface area (Å²) in [6, 6.07) is 0. The molecule has 7 atom stereocenters. The van der Waals surface area contributed by atoms with E-state index >= 15 is 0 Å². The monoisotopic (exact) mass is 414 g/mol. The molecule has 0 heterocycles. The van der Waals surface area contributed by atoms with Gasteiger partial charge in [-0.1, -0.05) is 65.0 Å². The first-order valence-electron chi connectivity index (χ1n) is 13.6. The van der Waals surface area contributed by atoms with E-state index in [4.69, 9.17) is 0 Å². The van der Waals surface area contributed by atoms with Crippen LogP contribution in [0.15, 0.2) is 11.1 Å². The summed E-state index contributed by atoms with van der Waals surface area (Å²) in [5.74, 6) is 5.04. The van der Waals surface area contributed by atoms with E-state index in [1.807, 2.05) is 11.1 Å². The third-order valence-electron chi connectivity index (χ3n) is 11.1. The quantitative estimate of drug-likeness (QED) is 0.416. The number of fused-ring (bicyclic) bond motifs is 4. The van der Waals surface area contributed by atoms with Gasteiger partial charge in [0.2, 0.25) is 0 Å². The van der Waals surface area contributed by atoms with Crippen LogP contribution >= 0.6 is 0 Å². The van der Waals surface area contributed by atoms with Gasteiger partial charge in [-0.15, -0.1) is 0 Å². The molecule has 3 saturated carbocycles. The number of allylic oxidation sites excluding steroid dienone is 2. The molecule has 1 nitrogen and oxygen atoms in total. The zero-order chi connectivity index (χ0) is 21.5. The molecule has 3 fully saturated rings. The molecular formula is C29H50O. The molecule has 4 rings (SSSR count). The third kappa shape index (κ3) is 3.84. The molecule has 0 saturated heterocycles. The van der Waals surface area contributed by atoms with Crippen molar-refractivity contribution in [1.82, 2.24) is 0 Å². The van der Waals surface area contributed by atoms with Crippen LogP contribution < -0.4 is 0 Å². The van der Waals surface area contributed by atoms with Crippen molar-refractivity contribution in [1.29, 1.82) is 0 Å². The van der Waals surface area contributed by atoms with Gasteiger partial charge in [0.05, 0.1) is 0 Å². The lowest BCUT2D eigenvalue weighted by atomic mass is 9.49. The summed E-state index contributed by atoms with van der Waals surface area (Å²) < 4.78 is 0. The molecule has 0 aromatic carbocycles. The zero-order valence-electron chi connectivity index (χ0n) is 20.8. The lowest BCUT2D eigenvalue weighted by molar-refractivity contribution is 0.00915. The highest BCUT2D eigenvalue weighted by atomic mass is 16.3. The molecule has 0 aliphatic heterocycles. The number of aliphatic hydroxyl groups excluding tert-OH is 1. The lowest BCUT2D eigenvalue weighted by Gasteiger charge is -2.56. The smallest absolute Gasteiger partial charge is 0.0433 e. The summed E-state index contributed by atoms with van der Waals surface area (Å²) in [5, 5.41) is 9.46. The van der Waals surface area contributed by atoms with Crippen molar-refractivity contribution < 1.29 is 5.11 Å². The molecular weight excluding hydrogens is 364 g/mol. The molecule has 0 aromatic rings. The molecule has 0 spiro atoms. The minimum atomic E-state index is 0.357. The fourth-order valence-electron chi connectivity index (χ4n) is 9.13. The van der Waals surface area contributed by atoms with Crippen LogP contribution in [0.4, 0.5) is 0 Å². The Bertz CT molecular complexity index is 632. The van der Waals surface area contributed by atoms with Crippen molar-refractivity contribution in [3.05, 3.63) is 11.1 Å². The van der Waals surface area contributed by atoms with Gasteiger partial charge in [-0.25, -0.2) is 0 Å². The van der Waals surface area contributed by atoms with Gasteiger partial charge in [-0.2, -0.15) is 0 Å². The van der Waals surface area contributed by atoms with E-state index in [9.17, 15) is 5.11 Å². The minimum absolute atomic E-state index is 0.357. The van der Waals surface area contributed by atoms with Crippen LogP contribution in [0.1, 0.15) is 118 Å². The van der Waals surface area contributed by atoms with Gasteiger partial charge in [0, 0.05) is 6.61 Å². The number of hydrogen-bond donors (Lipinski definition) is 1. The van der Waals surface area contributed by atoms with Crippen molar-refractivity contribution in [3.63, 3.8) is 0 Å². The van der Waals surface area contributed by atoms with Crippen LogP contribution in [-0.2, 0) is 0 Å². The maximum absolute atomic E-state index is 9.46. The predicted molar refractivity (Wildman–Crippen MR) is 128 cm³/mol. The van der Waals surface area contributed by atoms with Crippen molar-refractivity contribution in [2.24, 2.45) is 46.3 Å². The summed E-state index contributed by atoms with van der Waals surface area (Å²) in [6.45, 7) is 13.0. The summed E-state index contributed by atoms with van der Waals surface area (Å²) in [7, 11) is 0. The van der Waals surface area contributed by atoms with Crippen molar-refractivity contribution in [2.45, 2.75) is 118 Å². The topological polar surface area (TPSA) is 20.2 Å². The first-order chi connectivity index (χ1) is 14.3. The van der Waals surface area contributed by atoms with E-state index in [1.54, 1.807) is 0 Å². The van der Waals surface area contributed by atoms with E-state index in [-0.39, 0.29) is 0 Å². The Morgan fingerprint density at radius 1 is 0.900 bits per heavy atom. The largest absolute Gasteiger partial charge is 0.396 e. The van der Waals surface area contributed by atoms with Gasteiger partial charge in [0.15, 0.2) is 0 Å². The molecule has 4 aliphatic carbocycles. The van der Waals surface area contributed by atoms with Crippen LogP contribution in [0.3, 0.4) is 0 Å². The van der Waals surface area contributed by atoms with Gasteiger partial charge in [0.1, 0.15) is 0 Å². The SMILES string of the molecule is CC(C)[C@H](CCO)CC[C@@H](C)[C@H]1CCC2=C3CCC4CCCC[C@]4(C)[C@H]3CC[C@@]21C. The Labute approximate surface area is 187 Å². The molecule has 172 valence electrons. The second-order valence-electron chi connectivity index (χ2n) is 12.7.